The number of rotatable bonds is 6. The van der Waals surface area contributed by atoms with Gasteiger partial charge in [-0.2, -0.15) is 0 Å². The third-order valence-corrected chi connectivity index (χ3v) is 3.22. The van der Waals surface area contributed by atoms with E-state index < -0.39 is 6.10 Å². The first-order valence-corrected chi connectivity index (χ1v) is 7.03. The highest BCUT2D eigenvalue weighted by molar-refractivity contribution is 5.94. The minimum absolute atomic E-state index is 0.233. The molecule has 116 valence electrons. The summed E-state index contributed by atoms with van der Waals surface area (Å²) in [5.74, 6) is 1.02. The van der Waals surface area contributed by atoms with E-state index in [-0.39, 0.29) is 5.91 Å². The molecule has 0 aliphatic carbocycles. The van der Waals surface area contributed by atoms with Crippen LogP contribution in [0.2, 0.25) is 0 Å². The largest absolute Gasteiger partial charge is 0.497 e. The summed E-state index contributed by atoms with van der Waals surface area (Å²) in [5, 5.41) is 2.83. The zero-order chi connectivity index (χ0) is 15.9. The molecule has 0 bridgehead atoms. The molecular formula is C17H20N2O3. The molecule has 0 aromatic heterocycles. The van der Waals surface area contributed by atoms with Gasteiger partial charge in [-0.25, -0.2) is 0 Å². The monoisotopic (exact) mass is 300 g/mol. The van der Waals surface area contributed by atoms with Crippen LogP contribution in [0.25, 0.3) is 0 Å². The quantitative estimate of drug-likeness (QED) is 0.860. The zero-order valence-electron chi connectivity index (χ0n) is 12.7. The third kappa shape index (κ3) is 3.99. The van der Waals surface area contributed by atoms with Crippen LogP contribution in [-0.2, 0) is 11.3 Å². The molecule has 2 aromatic carbocycles. The number of hydrogen-bond acceptors (Lipinski definition) is 4. The number of nitrogens with two attached hydrogens (primary N) is 1. The smallest absolute Gasteiger partial charge is 0.265 e. The second-order valence-electron chi connectivity index (χ2n) is 4.79. The zero-order valence-corrected chi connectivity index (χ0v) is 12.7. The van der Waals surface area contributed by atoms with Gasteiger partial charge in [0.05, 0.1) is 7.11 Å². The Morgan fingerprint density at radius 1 is 1.18 bits per heavy atom. The molecule has 5 heteroatoms. The Kier molecular flexibility index (Phi) is 5.38. The Hall–Kier alpha value is -2.53. The van der Waals surface area contributed by atoms with E-state index in [0.717, 1.165) is 5.56 Å². The molecule has 2 aromatic rings. The summed E-state index contributed by atoms with van der Waals surface area (Å²) in [6.07, 6.45) is -0.641. The Morgan fingerprint density at radius 2 is 1.91 bits per heavy atom. The molecule has 1 unspecified atom stereocenters. The maximum absolute atomic E-state index is 12.2. The summed E-state index contributed by atoms with van der Waals surface area (Å²) in [4.78, 5) is 12.2. The van der Waals surface area contributed by atoms with Crippen molar-refractivity contribution in [1.29, 1.82) is 0 Å². The van der Waals surface area contributed by atoms with Gasteiger partial charge in [0.2, 0.25) is 0 Å². The molecule has 22 heavy (non-hydrogen) atoms. The van der Waals surface area contributed by atoms with Crippen molar-refractivity contribution in [3.63, 3.8) is 0 Å². The lowest BCUT2D eigenvalue weighted by atomic mass is 10.1. The number of benzene rings is 2. The third-order valence-electron chi connectivity index (χ3n) is 3.22. The van der Waals surface area contributed by atoms with Gasteiger partial charge in [-0.05, 0) is 30.7 Å². The Bertz CT molecular complexity index is 643. The van der Waals surface area contributed by atoms with Gasteiger partial charge in [0.15, 0.2) is 6.10 Å². The Morgan fingerprint density at radius 3 is 2.64 bits per heavy atom. The molecule has 0 spiro atoms. The summed E-state index contributed by atoms with van der Waals surface area (Å²) >= 11 is 0. The number of para-hydroxylation sites is 1. The van der Waals surface area contributed by atoms with E-state index in [2.05, 4.69) is 5.32 Å². The van der Waals surface area contributed by atoms with E-state index in [1.54, 1.807) is 26.2 Å². The average Bonchev–Trinajstić information content (AvgIpc) is 2.55. The first-order chi connectivity index (χ1) is 10.6. The van der Waals surface area contributed by atoms with E-state index in [1.807, 2.05) is 36.4 Å². The fourth-order valence-electron chi connectivity index (χ4n) is 1.99. The van der Waals surface area contributed by atoms with Gasteiger partial charge in [-0.15, -0.1) is 0 Å². The highest BCUT2D eigenvalue weighted by Crippen LogP contribution is 2.21. The fraction of sp³-hybridized carbons (Fsp3) is 0.235. The van der Waals surface area contributed by atoms with Crippen molar-refractivity contribution < 1.29 is 14.3 Å². The van der Waals surface area contributed by atoms with E-state index >= 15 is 0 Å². The molecule has 1 atom stereocenters. The molecule has 1 amide bonds. The number of ether oxygens (including phenoxy) is 2. The second-order valence-corrected chi connectivity index (χ2v) is 4.79. The molecule has 0 aliphatic heterocycles. The predicted octanol–water partition coefficient (Wildman–Crippen LogP) is 2.56. The predicted molar refractivity (Wildman–Crippen MR) is 86.0 cm³/mol. The van der Waals surface area contributed by atoms with Gasteiger partial charge in [0, 0.05) is 18.3 Å². The molecular weight excluding hydrogens is 280 g/mol. The van der Waals surface area contributed by atoms with Crippen molar-refractivity contribution in [3.05, 3.63) is 54.1 Å². The van der Waals surface area contributed by atoms with Crippen molar-refractivity contribution in [2.75, 3.05) is 12.4 Å². The van der Waals surface area contributed by atoms with Crippen LogP contribution in [-0.4, -0.2) is 19.1 Å². The van der Waals surface area contributed by atoms with Crippen molar-refractivity contribution in [3.8, 4) is 11.5 Å². The fourth-order valence-corrected chi connectivity index (χ4v) is 1.99. The summed E-state index contributed by atoms with van der Waals surface area (Å²) in [6.45, 7) is 2.06. The van der Waals surface area contributed by atoms with Gasteiger partial charge in [-0.3, -0.25) is 4.79 Å². The van der Waals surface area contributed by atoms with E-state index in [9.17, 15) is 4.79 Å². The Labute approximate surface area is 130 Å². The topological polar surface area (TPSA) is 73.6 Å². The molecule has 3 N–H and O–H groups in total. The number of carbonyl (C=O) groups is 1. The molecule has 0 saturated carbocycles. The molecule has 2 rings (SSSR count). The second kappa shape index (κ2) is 7.47. The molecule has 0 radical (unpaired) electrons. The standard InChI is InChI=1S/C17H20N2O3/c1-12(22-15-8-5-7-14(10-15)21-2)17(20)19-16-9-4-3-6-13(16)11-18/h3-10,12H,11,18H2,1-2H3,(H,19,20). The lowest BCUT2D eigenvalue weighted by Gasteiger charge is -2.16. The number of amides is 1. The van der Waals surface area contributed by atoms with Crippen LogP contribution in [0.3, 0.4) is 0 Å². The highest BCUT2D eigenvalue weighted by Gasteiger charge is 2.16. The van der Waals surface area contributed by atoms with Crippen molar-refractivity contribution in [1.82, 2.24) is 0 Å². The number of nitrogens with one attached hydrogen (secondary N) is 1. The van der Waals surface area contributed by atoms with Crippen LogP contribution in [0.15, 0.2) is 48.5 Å². The van der Waals surface area contributed by atoms with Gasteiger partial charge in [0.1, 0.15) is 11.5 Å². The summed E-state index contributed by atoms with van der Waals surface area (Å²) in [7, 11) is 1.58. The van der Waals surface area contributed by atoms with E-state index in [0.29, 0.717) is 23.7 Å². The first-order valence-electron chi connectivity index (χ1n) is 7.03. The van der Waals surface area contributed by atoms with Crippen LogP contribution in [0.1, 0.15) is 12.5 Å². The van der Waals surface area contributed by atoms with Gasteiger partial charge in [-0.1, -0.05) is 24.3 Å². The summed E-state index contributed by atoms with van der Waals surface area (Å²) in [6, 6.07) is 14.6. The summed E-state index contributed by atoms with van der Waals surface area (Å²) < 4.78 is 10.8. The molecule has 5 nitrogen and oxygen atoms in total. The first kappa shape index (κ1) is 15.9. The van der Waals surface area contributed by atoms with E-state index in [1.165, 1.54) is 0 Å². The van der Waals surface area contributed by atoms with Crippen LogP contribution in [0, 0.1) is 0 Å². The lowest BCUT2D eigenvalue weighted by molar-refractivity contribution is -0.122. The number of anilines is 1. The minimum atomic E-state index is -0.641. The van der Waals surface area contributed by atoms with Gasteiger partial charge >= 0.3 is 0 Å². The lowest BCUT2D eigenvalue weighted by Crippen LogP contribution is -2.30. The maximum Gasteiger partial charge on any atom is 0.265 e. The van der Waals surface area contributed by atoms with Crippen molar-refractivity contribution >= 4 is 11.6 Å². The minimum Gasteiger partial charge on any atom is -0.497 e. The number of hydrogen-bond donors (Lipinski definition) is 2. The molecule has 0 aliphatic rings. The van der Waals surface area contributed by atoms with Crippen LogP contribution in [0.4, 0.5) is 5.69 Å². The van der Waals surface area contributed by atoms with Crippen molar-refractivity contribution in [2.45, 2.75) is 19.6 Å². The SMILES string of the molecule is COc1cccc(OC(C)C(=O)Nc2ccccc2CN)c1. The molecule has 0 saturated heterocycles. The summed E-state index contributed by atoms with van der Waals surface area (Å²) in [5.41, 5.74) is 7.25. The Balaban J connectivity index is 2.02. The van der Waals surface area contributed by atoms with Gasteiger partial charge < -0.3 is 20.5 Å². The number of carbonyl (C=O) groups excluding carboxylic acids is 1. The number of methoxy groups -OCH3 is 1. The maximum atomic E-state index is 12.2. The van der Waals surface area contributed by atoms with Crippen LogP contribution in [0.5, 0.6) is 11.5 Å². The normalized spacial score (nSPS) is 11.6. The van der Waals surface area contributed by atoms with E-state index in [4.69, 9.17) is 15.2 Å². The average molecular weight is 300 g/mol. The molecule has 0 fully saturated rings. The van der Waals surface area contributed by atoms with Crippen LogP contribution < -0.4 is 20.5 Å². The van der Waals surface area contributed by atoms with Crippen LogP contribution >= 0.6 is 0 Å². The van der Waals surface area contributed by atoms with Crippen molar-refractivity contribution in [2.24, 2.45) is 5.73 Å². The van der Waals surface area contributed by atoms with Gasteiger partial charge in [0.25, 0.3) is 5.91 Å². The molecule has 0 heterocycles. The highest BCUT2D eigenvalue weighted by atomic mass is 16.5.